The van der Waals surface area contributed by atoms with E-state index in [-0.39, 0.29) is 24.0 Å². The number of aryl methyl sites for hydroxylation is 2. The predicted molar refractivity (Wildman–Crippen MR) is 122 cm³/mol. The van der Waals surface area contributed by atoms with Crippen molar-refractivity contribution in [2.24, 2.45) is 0 Å². The Morgan fingerprint density at radius 2 is 1.92 bits per heavy atom. The van der Waals surface area contributed by atoms with E-state index in [4.69, 9.17) is 9.83 Å². The number of hydrogen-bond acceptors (Lipinski definition) is 4. The molecule has 0 atom stereocenters. The van der Waals surface area contributed by atoms with E-state index in [1.165, 1.54) is 17.3 Å². The van der Waals surface area contributed by atoms with Gasteiger partial charge in [-0.25, -0.2) is 4.98 Å². The van der Waals surface area contributed by atoms with Gasteiger partial charge in [-0.3, -0.25) is 0 Å². The highest BCUT2D eigenvalue weighted by Crippen LogP contribution is 2.21. The van der Waals surface area contributed by atoms with Crippen LogP contribution in [0, 0.1) is 12.3 Å². The molecule has 3 rings (SSSR count). The predicted octanol–water partition coefficient (Wildman–Crippen LogP) is 6.17. The summed E-state index contributed by atoms with van der Waals surface area (Å²) in [5.41, 5.74) is 6.38. The zero-order valence-electron chi connectivity index (χ0n) is 16.1. The van der Waals surface area contributed by atoms with E-state index in [0.717, 1.165) is 34.7 Å². The van der Waals surface area contributed by atoms with E-state index >= 15 is 0 Å². The summed E-state index contributed by atoms with van der Waals surface area (Å²) in [5.74, 6) is 1.27. The molecule has 0 saturated heterocycles. The molecule has 2 aromatic carbocycles. The number of nitrogens with one attached hydrogen (secondary N) is 2. The first-order chi connectivity index (χ1) is 12.0. The minimum atomic E-state index is 0. The zero-order valence-corrected chi connectivity index (χ0v) is 18.4. The highest BCUT2D eigenvalue weighted by Gasteiger charge is 2.04. The van der Waals surface area contributed by atoms with Gasteiger partial charge in [0.2, 0.25) is 0 Å². The summed E-state index contributed by atoms with van der Waals surface area (Å²) >= 11 is 0. The van der Waals surface area contributed by atoms with Crippen LogP contribution >= 0.6 is 24.0 Å². The van der Waals surface area contributed by atoms with Crippen LogP contribution in [0.25, 0.3) is 11.1 Å². The maximum atomic E-state index is 7.19. The lowest BCUT2D eigenvalue weighted by Gasteiger charge is -2.05. The van der Waals surface area contributed by atoms with Gasteiger partial charge < -0.3 is 15.1 Å². The van der Waals surface area contributed by atoms with Crippen LogP contribution < -0.4 is 5.32 Å². The normalized spacial score (nSPS) is 10.1. The second kappa shape index (κ2) is 10.3. The van der Waals surface area contributed by atoms with E-state index in [1.54, 1.807) is 0 Å². The number of fused-ring (bicyclic) bond motifs is 1. The molecule has 0 spiro atoms. The first-order valence-corrected chi connectivity index (χ1v) is 8.66. The second-order valence-electron chi connectivity index (χ2n) is 6.28. The number of oxazole rings is 1. The van der Waals surface area contributed by atoms with Gasteiger partial charge in [-0.2, -0.15) is 0 Å². The van der Waals surface area contributed by atoms with Gasteiger partial charge in [-0.05, 0) is 47.7 Å². The minimum Gasteiger partial charge on any atom is -0.441 e. The molecule has 5 heteroatoms. The summed E-state index contributed by atoms with van der Waals surface area (Å²) in [6, 6.07) is 12.3. The van der Waals surface area contributed by atoms with Gasteiger partial charge in [-0.15, -0.1) is 24.0 Å². The summed E-state index contributed by atoms with van der Waals surface area (Å²) < 4.78 is 5.45. The molecular formula is C21H28IN3O. The molecule has 26 heavy (non-hydrogen) atoms. The summed E-state index contributed by atoms with van der Waals surface area (Å²) in [5, 5.41) is 10.2. The fourth-order valence-electron chi connectivity index (χ4n) is 2.59. The van der Waals surface area contributed by atoms with Crippen molar-refractivity contribution < 1.29 is 4.42 Å². The molecular weight excluding hydrogens is 437 g/mol. The van der Waals surface area contributed by atoms with Crippen LogP contribution in [-0.4, -0.2) is 18.2 Å². The fourth-order valence-corrected chi connectivity index (χ4v) is 2.59. The summed E-state index contributed by atoms with van der Waals surface area (Å²) in [4.78, 5) is 4.25. The lowest BCUT2D eigenvalue weighted by Crippen LogP contribution is -1.95. The van der Waals surface area contributed by atoms with Crippen molar-refractivity contribution in [2.45, 2.75) is 40.0 Å². The highest BCUT2D eigenvalue weighted by atomic mass is 127. The van der Waals surface area contributed by atoms with Gasteiger partial charge in [0.25, 0.3) is 0 Å². The van der Waals surface area contributed by atoms with Crippen LogP contribution in [0.1, 0.15) is 49.3 Å². The van der Waals surface area contributed by atoms with Crippen molar-refractivity contribution >= 4 is 47.0 Å². The number of rotatable bonds is 4. The van der Waals surface area contributed by atoms with Crippen molar-refractivity contribution in [3.05, 3.63) is 59.0 Å². The Labute approximate surface area is 172 Å². The lowest BCUT2D eigenvalue weighted by molar-refractivity contribution is 0.560. The van der Waals surface area contributed by atoms with Gasteiger partial charge in [0.05, 0.1) is 0 Å². The number of hydrogen-bond donors (Lipinski definition) is 2. The number of aromatic nitrogens is 1. The molecule has 0 radical (unpaired) electrons. The molecule has 0 fully saturated rings. The molecule has 4 nitrogen and oxygen atoms in total. The molecule has 3 aromatic rings. The molecule has 0 saturated carbocycles. The molecule has 0 aliphatic carbocycles. The third-order valence-electron chi connectivity index (χ3n) is 4.14. The molecule has 0 amide bonds. The fraction of sp³-hybridized carbons (Fsp3) is 0.333. The Balaban J connectivity index is 0.000000251. The lowest BCUT2D eigenvalue weighted by atomic mass is 10.0. The number of anilines is 1. The van der Waals surface area contributed by atoms with E-state index in [0.29, 0.717) is 5.92 Å². The number of halogens is 1. The van der Waals surface area contributed by atoms with Crippen molar-refractivity contribution in [1.82, 2.24) is 4.98 Å². The summed E-state index contributed by atoms with van der Waals surface area (Å²) in [7, 11) is 1.87. The molecule has 1 heterocycles. The zero-order chi connectivity index (χ0) is 18.4. The van der Waals surface area contributed by atoms with Crippen LogP contribution in [-0.2, 0) is 6.42 Å². The molecule has 2 N–H and O–H groups in total. The monoisotopic (exact) mass is 465 g/mol. The van der Waals surface area contributed by atoms with Crippen LogP contribution in [0.4, 0.5) is 5.69 Å². The van der Waals surface area contributed by atoms with Crippen molar-refractivity contribution in [1.29, 1.82) is 5.41 Å². The van der Waals surface area contributed by atoms with E-state index in [1.807, 2.05) is 32.2 Å². The van der Waals surface area contributed by atoms with Crippen LogP contribution in [0.5, 0.6) is 0 Å². The molecule has 0 aliphatic heterocycles. The van der Waals surface area contributed by atoms with Crippen molar-refractivity contribution in [3.8, 4) is 0 Å². The molecule has 1 aromatic heterocycles. The number of benzene rings is 2. The minimum absolute atomic E-state index is 0. The summed E-state index contributed by atoms with van der Waals surface area (Å²) in [6.07, 6.45) is 2.40. The smallest absolute Gasteiger partial charge is 0.192 e. The molecule has 0 unspecified atom stereocenters. The van der Waals surface area contributed by atoms with Gasteiger partial charge >= 0.3 is 0 Å². The molecule has 140 valence electrons. The van der Waals surface area contributed by atoms with Crippen LogP contribution in [0.2, 0.25) is 0 Å². The highest BCUT2D eigenvalue weighted by molar-refractivity contribution is 14.0. The van der Waals surface area contributed by atoms with Crippen LogP contribution in [0.3, 0.4) is 0 Å². The Morgan fingerprint density at radius 1 is 1.19 bits per heavy atom. The van der Waals surface area contributed by atoms with Gasteiger partial charge in [0, 0.05) is 31.4 Å². The largest absolute Gasteiger partial charge is 0.441 e. The standard InChI is InChI=1S/C11H13NO.C10H14N2.HI/c1-7(2)9-4-5-10-11(6-9)13-8(3)12-10;1-3-8-4-5-10(12-2)9(6-8)7-11;/h4-7H,1-3H3;4-7,11-12H,3H2,1-2H3;1H. The Kier molecular flexibility index (Phi) is 8.78. The Bertz CT molecular complexity index is 856. The van der Waals surface area contributed by atoms with Crippen molar-refractivity contribution in [2.75, 3.05) is 12.4 Å². The average molecular weight is 465 g/mol. The maximum Gasteiger partial charge on any atom is 0.192 e. The maximum absolute atomic E-state index is 7.19. The van der Waals surface area contributed by atoms with Gasteiger partial charge in [-0.1, -0.05) is 32.9 Å². The van der Waals surface area contributed by atoms with E-state index < -0.39 is 0 Å². The SMILES string of the molecule is CCc1ccc(NC)c(C=N)c1.Cc1nc2ccc(C(C)C)cc2o1.I. The average Bonchev–Trinajstić information content (AvgIpc) is 3.00. The van der Waals surface area contributed by atoms with E-state index in [9.17, 15) is 0 Å². The Hall–Kier alpha value is -1.89. The van der Waals surface area contributed by atoms with Gasteiger partial charge in [0.15, 0.2) is 11.5 Å². The van der Waals surface area contributed by atoms with Gasteiger partial charge in [0.1, 0.15) is 5.52 Å². The third-order valence-corrected chi connectivity index (χ3v) is 4.14. The first kappa shape index (κ1) is 22.2. The van der Waals surface area contributed by atoms with Crippen LogP contribution in [0.15, 0.2) is 40.8 Å². The summed E-state index contributed by atoms with van der Waals surface area (Å²) in [6.45, 7) is 8.33. The quantitative estimate of drug-likeness (QED) is 0.358. The molecule has 0 aliphatic rings. The molecule has 0 bridgehead atoms. The Morgan fingerprint density at radius 3 is 2.50 bits per heavy atom. The topological polar surface area (TPSA) is 61.9 Å². The second-order valence-corrected chi connectivity index (χ2v) is 6.28. The first-order valence-electron chi connectivity index (χ1n) is 8.66. The van der Waals surface area contributed by atoms with Crippen molar-refractivity contribution in [3.63, 3.8) is 0 Å². The third kappa shape index (κ3) is 5.56. The van der Waals surface area contributed by atoms with E-state index in [2.05, 4.69) is 49.3 Å². The number of nitrogens with zero attached hydrogens (tertiary/aromatic N) is 1.